The van der Waals surface area contributed by atoms with Crippen LogP contribution in [0.25, 0.3) is 0 Å². The van der Waals surface area contributed by atoms with E-state index in [9.17, 15) is 14.4 Å². The number of unbranched alkanes of at least 4 members (excludes halogenated alkanes) is 32. The van der Waals surface area contributed by atoms with Gasteiger partial charge in [0.15, 0.2) is 6.10 Å². The minimum Gasteiger partial charge on any atom is -0.462 e. The standard InChI is InChI=1S/C77H130O6/c1-4-7-10-13-16-19-22-25-28-31-34-35-36-37-38-39-40-41-44-46-49-52-55-58-61-64-67-70-76(79)82-73-74(83-77(80)71-68-65-62-59-56-53-50-47-43-33-30-27-24-21-18-15-12-9-6-3)72-81-75(78)69-66-63-60-57-54-51-48-45-42-32-29-26-23-20-17-14-11-8-5-2/h8-9,11-12,17-18,20-22,25-27,29-31,34,42-43,45,47,74H,4-7,10,13-16,19,23-24,28,32-33,35-41,44,46,48-73H2,1-3H3/b11-8-,12-9-,20-17-,21-18-,25-22-,29-26-,30-27-,34-31-,45-42-,47-43-. The van der Waals surface area contributed by atoms with E-state index in [0.717, 1.165) is 141 Å². The lowest BCUT2D eigenvalue weighted by Crippen LogP contribution is -2.30. The van der Waals surface area contributed by atoms with Crippen LogP contribution in [0.5, 0.6) is 0 Å². The zero-order valence-corrected chi connectivity index (χ0v) is 54.4. The van der Waals surface area contributed by atoms with Gasteiger partial charge in [0.2, 0.25) is 0 Å². The molecule has 0 fully saturated rings. The number of esters is 3. The van der Waals surface area contributed by atoms with Gasteiger partial charge in [-0.15, -0.1) is 0 Å². The van der Waals surface area contributed by atoms with Crippen molar-refractivity contribution in [2.75, 3.05) is 13.2 Å². The SMILES string of the molecule is CC/C=C\C/C=C\C/C=C\C/C=C\CCCCCCCCC(=O)OCC(COC(=O)CCCCCCCCCCCCCCCCC/C=C\C/C=C\CCCCCCC)OC(=O)CCCCCCCC/C=C\C/C=C\C/C=C\C/C=C\CC. The van der Waals surface area contributed by atoms with Gasteiger partial charge in [0.1, 0.15) is 13.2 Å². The smallest absolute Gasteiger partial charge is 0.306 e. The minimum absolute atomic E-state index is 0.0896. The quantitative estimate of drug-likeness (QED) is 0.0261. The molecule has 6 heteroatoms. The van der Waals surface area contributed by atoms with Crippen LogP contribution < -0.4 is 0 Å². The molecule has 0 aliphatic rings. The van der Waals surface area contributed by atoms with Gasteiger partial charge in [-0.05, 0) is 128 Å². The summed E-state index contributed by atoms with van der Waals surface area (Å²) in [7, 11) is 0. The molecule has 6 nitrogen and oxygen atoms in total. The highest BCUT2D eigenvalue weighted by Gasteiger charge is 2.19. The van der Waals surface area contributed by atoms with Gasteiger partial charge in [0.25, 0.3) is 0 Å². The van der Waals surface area contributed by atoms with Crippen molar-refractivity contribution in [3.05, 3.63) is 122 Å². The molecule has 0 spiro atoms. The summed E-state index contributed by atoms with van der Waals surface area (Å²) in [5.74, 6) is -0.908. The van der Waals surface area contributed by atoms with Crippen molar-refractivity contribution in [2.24, 2.45) is 0 Å². The number of rotatable bonds is 63. The van der Waals surface area contributed by atoms with Crippen molar-refractivity contribution in [2.45, 2.75) is 335 Å². The van der Waals surface area contributed by atoms with Crippen molar-refractivity contribution >= 4 is 17.9 Å². The van der Waals surface area contributed by atoms with Gasteiger partial charge in [0, 0.05) is 19.3 Å². The van der Waals surface area contributed by atoms with Crippen molar-refractivity contribution in [1.82, 2.24) is 0 Å². The lowest BCUT2D eigenvalue weighted by molar-refractivity contribution is -0.167. The summed E-state index contributed by atoms with van der Waals surface area (Å²) in [6, 6.07) is 0. The van der Waals surface area contributed by atoms with Crippen molar-refractivity contribution in [1.29, 1.82) is 0 Å². The van der Waals surface area contributed by atoms with Gasteiger partial charge in [-0.1, -0.05) is 303 Å². The molecule has 0 N–H and O–H groups in total. The second-order valence-electron chi connectivity index (χ2n) is 23.0. The Morgan fingerprint density at radius 1 is 0.253 bits per heavy atom. The van der Waals surface area contributed by atoms with Gasteiger partial charge < -0.3 is 14.2 Å². The molecule has 0 saturated carbocycles. The Labute approximate surface area is 513 Å². The molecule has 0 aliphatic carbocycles. The highest BCUT2D eigenvalue weighted by Crippen LogP contribution is 2.17. The fraction of sp³-hybridized carbons (Fsp3) is 0.701. The Morgan fingerprint density at radius 3 is 0.735 bits per heavy atom. The van der Waals surface area contributed by atoms with E-state index >= 15 is 0 Å². The number of carbonyl (C=O) groups excluding carboxylic acids is 3. The Morgan fingerprint density at radius 2 is 0.470 bits per heavy atom. The molecule has 0 radical (unpaired) electrons. The van der Waals surface area contributed by atoms with Gasteiger partial charge in [0.05, 0.1) is 0 Å². The number of allylic oxidation sites excluding steroid dienone is 20. The summed E-state index contributed by atoms with van der Waals surface area (Å²) in [6.45, 7) is 6.41. The lowest BCUT2D eigenvalue weighted by atomic mass is 10.0. The van der Waals surface area contributed by atoms with Crippen LogP contribution in [0.4, 0.5) is 0 Å². The topological polar surface area (TPSA) is 78.9 Å². The Kier molecular flexibility index (Phi) is 66.7. The van der Waals surface area contributed by atoms with E-state index in [0.29, 0.717) is 19.3 Å². The zero-order valence-electron chi connectivity index (χ0n) is 54.4. The van der Waals surface area contributed by atoms with E-state index < -0.39 is 6.10 Å². The first-order valence-electron chi connectivity index (χ1n) is 35.0. The molecule has 0 aromatic heterocycles. The molecule has 474 valence electrons. The molecule has 0 rings (SSSR count). The third-order valence-corrected chi connectivity index (χ3v) is 14.9. The fourth-order valence-electron chi connectivity index (χ4n) is 9.75. The van der Waals surface area contributed by atoms with Crippen LogP contribution in [-0.2, 0) is 28.6 Å². The Bertz CT molecular complexity index is 1700. The van der Waals surface area contributed by atoms with Crippen LogP contribution >= 0.6 is 0 Å². The lowest BCUT2D eigenvalue weighted by Gasteiger charge is -2.18. The number of carbonyl (C=O) groups is 3. The van der Waals surface area contributed by atoms with Crippen molar-refractivity contribution in [3.8, 4) is 0 Å². The van der Waals surface area contributed by atoms with Gasteiger partial charge in [-0.3, -0.25) is 14.4 Å². The molecule has 0 bridgehead atoms. The van der Waals surface area contributed by atoms with E-state index in [2.05, 4.69) is 142 Å². The first-order valence-corrected chi connectivity index (χ1v) is 35.0. The normalized spacial score (nSPS) is 12.9. The highest BCUT2D eigenvalue weighted by molar-refractivity contribution is 5.71. The summed E-state index contributed by atoms with van der Waals surface area (Å²) in [4.78, 5) is 38.5. The summed E-state index contributed by atoms with van der Waals surface area (Å²) in [6.07, 6.45) is 97.9. The largest absolute Gasteiger partial charge is 0.462 e. The maximum Gasteiger partial charge on any atom is 0.306 e. The summed E-state index contributed by atoms with van der Waals surface area (Å²) in [5, 5.41) is 0. The van der Waals surface area contributed by atoms with E-state index in [1.165, 1.54) is 148 Å². The molecule has 83 heavy (non-hydrogen) atoms. The molecule has 1 atom stereocenters. The molecule has 1 unspecified atom stereocenters. The van der Waals surface area contributed by atoms with E-state index in [1.807, 2.05) is 0 Å². The van der Waals surface area contributed by atoms with E-state index in [-0.39, 0.29) is 31.1 Å². The average molecular weight is 1150 g/mol. The molecule has 0 saturated heterocycles. The van der Waals surface area contributed by atoms with Crippen molar-refractivity contribution in [3.63, 3.8) is 0 Å². The van der Waals surface area contributed by atoms with Gasteiger partial charge in [-0.2, -0.15) is 0 Å². The van der Waals surface area contributed by atoms with Crippen LogP contribution in [0.2, 0.25) is 0 Å². The first-order chi connectivity index (χ1) is 41.0. The van der Waals surface area contributed by atoms with Crippen LogP contribution in [0.1, 0.15) is 329 Å². The summed E-state index contributed by atoms with van der Waals surface area (Å²) >= 11 is 0. The van der Waals surface area contributed by atoms with Crippen molar-refractivity contribution < 1.29 is 28.6 Å². The Balaban J connectivity index is 4.37. The molecule has 0 aromatic carbocycles. The predicted molar refractivity (Wildman–Crippen MR) is 362 cm³/mol. The third kappa shape index (κ3) is 68.5. The van der Waals surface area contributed by atoms with E-state index in [1.54, 1.807) is 0 Å². The summed E-state index contributed by atoms with van der Waals surface area (Å²) < 4.78 is 17.0. The van der Waals surface area contributed by atoms with Crippen LogP contribution in [0.15, 0.2) is 122 Å². The zero-order chi connectivity index (χ0) is 59.9. The number of ether oxygens (including phenoxy) is 3. The molecule has 0 aromatic rings. The second kappa shape index (κ2) is 70.3. The second-order valence-corrected chi connectivity index (χ2v) is 23.0. The Hall–Kier alpha value is -4.19. The predicted octanol–water partition coefficient (Wildman–Crippen LogP) is 24.3. The fourth-order valence-corrected chi connectivity index (χ4v) is 9.75. The third-order valence-electron chi connectivity index (χ3n) is 14.9. The van der Waals surface area contributed by atoms with Crippen LogP contribution in [0.3, 0.4) is 0 Å². The molecular formula is C77H130O6. The monoisotopic (exact) mass is 1150 g/mol. The number of hydrogen-bond donors (Lipinski definition) is 0. The van der Waals surface area contributed by atoms with Crippen LogP contribution in [-0.4, -0.2) is 37.2 Å². The molecule has 0 amide bonds. The van der Waals surface area contributed by atoms with E-state index in [4.69, 9.17) is 14.2 Å². The van der Waals surface area contributed by atoms with Gasteiger partial charge >= 0.3 is 17.9 Å². The number of hydrogen-bond acceptors (Lipinski definition) is 6. The van der Waals surface area contributed by atoms with Crippen LogP contribution in [0, 0.1) is 0 Å². The maximum absolute atomic E-state index is 13.0. The molecule has 0 aliphatic heterocycles. The van der Waals surface area contributed by atoms with Gasteiger partial charge in [-0.25, -0.2) is 0 Å². The first kappa shape index (κ1) is 78.8. The molecular weight excluding hydrogens is 1020 g/mol. The highest BCUT2D eigenvalue weighted by atomic mass is 16.6. The maximum atomic E-state index is 13.0. The molecule has 0 heterocycles. The average Bonchev–Trinajstić information content (AvgIpc) is 3.50. The summed E-state index contributed by atoms with van der Waals surface area (Å²) in [5.41, 5.74) is 0. The minimum atomic E-state index is -0.797.